The van der Waals surface area contributed by atoms with Gasteiger partial charge in [0.05, 0.1) is 12.6 Å². The highest BCUT2D eigenvalue weighted by atomic mass is 32.2. The number of Topliss-reactive ketones (excluding diaryl/α,β-unsaturated/α-hetero) is 1. The molecule has 0 aromatic heterocycles. The molecule has 1 N–H and O–H groups in total. The Labute approximate surface area is 158 Å². The number of carbonyl (C=O) groups is 2. The number of ether oxygens (including phenoxy) is 1. The van der Waals surface area contributed by atoms with E-state index in [4.69, 9.17) is 4.74 Å². The molecule has 0 unspecified atom stereocenters. The maximum absolute atomic E-state index is 12.2. The number of hydrogen-bond donors (Lipinski definition) is 1. The summed E-state index contributed by atoms with van der Waals surface area (Å²) in [6.45, 7) is 2.02. The second kappa shape index (κ2) is 8.90. The highest BCUT2D eigenvalue weighted by Crippen LogP contribution is 2.35. The van der Waals surface area contributed by atoms with Gasteiger partial charge in [0.2, 0.25) is 5.91 Å². The Bertz CT molecular complexity index is 773. The Morgan fingerprint density at radius 1 is 1.15 bits per heavy atom. The third-order valence-electron chi connectivity index (χ3n) is 4.37. The van der Waals surface area contributed by atoms with Crippen LogP contribution in [0, 0.1) is 0 Å². The molecule has 0 radical (unpaired) electrons. The van der Waals surface area contributed by atoms with E-state index < -0.39 is 0 Å². The van der Waals surface area contributed by atoms with E-state index in [1.807, 2.05) is 23.9 Å². The number of thioether (sulfide) groups is 1. The number of carbonyl (C=O) groups excluding carboxylic acids is 2. The molecule has 2 aromatic carbocycles. The van der Waals surface area contributed by atoms with E-state index in [-0.39, 0.29) is 17.7 Å². The zero-order valence-corrected chi connectivity index (χ0v) is 15.7. The number of rotatable bonds is 7. The smallest absolute Gasteiger partial charge is 0.220 e. The molecule has 3 rings (SSSR count). The number of nitrogens with one attached hydrogen (secondary N) is 1. The Hall–Kier alpha value is -2.27. The zero-order chi connectivity index (χ0) is 18.4. The molecule has 136 valence electrons. The van der Waals surface area contributed by atoms with E-state index in [1.165, 1.54) is 17.4 Å². The SMILES string of the molecule is CC(=O)c1ccc(OCCCC(=O)N[C@@H]2CCSc3ccccc32)cc1. The molecule has 0 aliphatic carbocycles. The van der Waals surface area contributed by atoms with Gasteiger partial charge in [0.25, 0.3) is 0 Å². The first-order valence-electron chi connectivity index (χ1n) is 8.88. The first kappa shape index (κ1) is 18.5. The van der Waals surface area contributed by atoms with Crippen LogP contribution in [0.25, 0.3) is 0 Å². The van der Waals surface area contributed by atoms with Gasteiger partial charge < -0.3 is 10.1 Å². The summed E-state index contributed by atoms with van der Waals surface area (Å²) in [4.78, 5) is 24.8. The van der Waals surface area contributed by atoms with Crippen molar-refractivity contribution in [1.82, 2.24) is 5.32 Å². The molecule has 1 aliphatic heterocycles. The van der Waals surface area contributed by atoms with Gasteiger partial charge in [0, 0.05) is 22.6 Å². The van der Waals surface area contributed by atoms with Crippen LogP contribution in [0.1, 0.15) is 48.1 Å². The molecule has 1 aliphatic rings. The molecule has 2 aromatic rings. The number of benzene rings is 2. The van der Waals surface area contributed by atoms with Crippen LogP contribution in [0.3, 0.4) is 0 Å². The number of ketones is 1. The van der Waals surface area contributed by atoms with Gasteiger partial charge in [0.1, 0.15) is 5.75 Å². The van der Waals surface area contributed by atoms with Crippen molar-refractivity contribution in [2.45, 2.75) is 37.1 Å². The second-order valence-electron chi connectivity index (χ2n) is 6.33. The summed E-state index contributed by atoms with van der Waals surface area (Å²) in [5, 5.41) is 3.15. The summed E-state index contributed by atoms with van der Waals surface area (Å²) in [6.07, 6.45) is 2.06. The van der Waals surface area contributed by atoms with Gasteiger partial charge in [0.15, 0.2) is 5.78 Å². The highest BCUT2D eigenvalue weighted by Gasteiger charge is 2.21. The van der Waals surface area contributed by atoms with Crippen molar-refractivity contribution in [3.05, 3.63) is 59.7 Å². The minimum atomic E-state index is 0.0379. The fourth-order valence-corrected chi connectivity index (χ4v) is 4.09. The first-order chi connectivity index (χ1) is 12.6. The van der Waals surface area contributed by atoms with E-state index in [1.54, 1.807) is 24.3 Å². The molecule has 1 heterocycles. The van der Waals surface area contributed by atoms with Crippen molar-refractivity contribution in [1.29, 1.82) is 0 Å². The maximum atomic E-state index is 12.2. The monoisotopic (exact) mass is 369 g/mol. The summed E-state index contributed by atoms with van der Waals surface area (Å²) in [5.74, 6) is 1.85. The van der Waals surface area contributed by atoms with Crippen LogP contribution in [0.15, 0.2) is 53.4 Å². The maximum Gasteiger partial charge on any atom is 0.220 e. The zero-order valence-electron chi connectivity index (χ0n) is 14.9. The highest BCUT2D eigenvalue weighted by molar-refractivity contribution is 7.99. The molecule has 26 heavy (non-hydrogen) atoms. The number of fused-ring (bicyclic) bond motifs is 1. The van der Waals surface area contributed by atoms with E-state index >= 15 is 0 Å². The normalized spacial score (nSPS) is 15.8. The van der Waals surface area contributed by atoms with Crippen molar-refractivity contribution in [2.75, 3.05) is 12.4 Å². The Kier molecular flexibility index (Phi) is 6.34. The van der Waals surface area contributed by atoms with Gasteiger partial charge >= 0.3 is 0 Å². The molecule has 1 atom stereocenters. The lowest BCUT2D eigenvalue weighted by molar-refractivity contribution is -0.122. The molecule has 0 bridgehead atoms. The average Bonchev–Trinajstić information content (AvgIpc) is 2.66. The minimum absolute atomic E-state index is 0.0379. The lowest BCUT2D eigenvalue weighted by Gasteiger charge is -2.25. The van der Waals surface area contributed by atoms with Crippen molar-refractivity contribution in [3.8, 4) is 5.75 Å². The first-order valence-corrected chi connectivity index (χ1v) is 9.87. The van der Waals surface area contributed by atoms with Crippen LogP contribution in [-0.2, 0) is 4.79 Å². The van der Waals surface area contributed by atoms with Crippen LogP contribution < -0.4 is 10.1 Å². The third-order valence-corrected chi connectivity index (χ3v) is 5.49. The summed E-state index contributed by atoms with van der Waals surface area (Å²) < 4.78 is 5.64. The third kappa shape index (κ3) is 4.88. The lowest BCUT2D eigenvalue weighted by Crippen LogP contribution is -2.30. The van der Waals surface area contributed by atoms with Gasteiger partial charge in [-0.1, -0.05) is 18.2 Å². The van der Waals surface area contributed by atoms with Crippen LogP contribution in [-0.4, -0.2) is 24.1 Å². The van der Waals surface area contributed by atoms with Crippen molar-refractivity contribution < 1.29 is 14.3 Å². The Morgan fingerprint density at radius 2 is 1.92 bits per heavy atom. The second-order valence-corrected chi connectivity index (χ2v) is 7.46. The quantitative estimate of drug-likeness (QED) is 0.580. The summed E-state index contributed by atoms with van der Waals surface area (Å²) in [6, 6.07) is 15.5. The molecule has 5 heteroatoms. The van der Waals surface area contributed by atoms with Crippen LogP contribution >= 0.6 is 11.8 Å². The summed E-state index contributed by atoms with van der Waals surface area (Å²) in [7, 11) is 0. The van der Waals surface area contributed by atoms with E-state index in [2.05, 4.69) is 17.4 Å². The largest absolute Gasteiger partial charge is 0.494 e. The van der Waals surface area contributed by atoms with E-state index in [9.17, 15) is 9.59 Å². The van der Waals surface area contributed by atoms with E-state index in [0.717, 1.165) is 12.2 Å². The van der Waals surface area contributed by atoms with Crippen molar-refractivity contribution in [3.63, 3.8) is 0 Å². The van der Waals surface area contributed by atoms with Crippen molar-refractivity contribution in [2.24, 2.45) is 0 Å². The molecular formula is C21H23NO3S. The minimum Gasteiger partial charge on any atom is -0.494 e. The standard InChI is InChI=1S/C21H23NO3S/c1-15(23)16-8-10-17(11-9-16)25-13-4-7-21(24)22-19-12-14-26-20-6-3-2-5-18(19)20/h2-3,5-6,8-11,19H,4,7,12-14H2,1H3,(H,22,24)/t19-/m1/s1. The Balaban J connectivity index is 1.42. The molecule has 0 saturated heterocycles. The topological polar surface area (TPSA) is 55.4 Å². The predicted molar refractivity (Wildman–Crippen MR) is 104 cm³/mol. The van der Waals surface area contributed by atoms with Gasteiger partial charge in [-0.3, -0.25) is 9.59 Å². The fraction of sp³-hybridized carbons (Fsp3) is 0.333. The molecule has 0 saturated carbocycles. The van der Waals surface area contributed by atoms with Crippen LogP contribution in [0.2, 0.25) is 0 Å². The van der Waals surface area contributed by atoms with Crippen molar-refractivity contribution >= 4 is 23.5 Å². The number of amides is 1. The Morgan fingerprint density at radius 3 is 2.69 bits per heavy atom. The summed E-state index contributed by atoms with van der Waals surface area (Å²) >= 11 is 1.85. The predicted octanol–water partition coefficient (Wildman–Crippen LogP) is 4.40. The molecule has 1 amide bonds. The average molecular weight is 369 g/mol. The summed E-state index contributed by atoms with van der Waals surface area (Å²) in [5.41, 5.74) is 1.89. The van der Waals surface area contributed by atoms with Gasteiger partial charge in [-0.2, -0.15) is 0 Å². The fourth-order valence-electron chi connectivity index (χ4n) is 2.97. The van der Waals surface area contributed by atoms with E-state index in [0.29, 0.717) is 30.8 Å². The molecule has 4 nitrogen and oxygen atoms in total. The molecule has 0 fully saturated rings. The van der Waals surface area contributed by atoms with Gasteiger partial charge in [-0.15, -0.1) is 11.8 Å². The van der Waals surface area contributed by atoms with Crippen LogP contribution in [0.4, 0.5) is 0 Å². The van der Waals surface area contributed by atoms with Crippen LogP contribution in [0.5, 0.6) is 5.75 Å². The van der Waals surface area contributed by atoms with Gasteiger partial charge in [-0.05, 0) is 55.7 Å². The lowest BCUT2D eigenvalue weighted by atomic mass is 10.0. The van der Waals surface area contributed by atoms with Gasteiger partial charge in [-0.25, -0.2) is 0 Å². The number of hydrogen-bond acceptors (Lipinski definition) is 4. The molecule has 0 spiro atoms. The molecular weight excluding hydrogens is 346 g/mol.